The Bertz CT molecular complexity index is 634. The molecule has 0 fully saturated rings. The highest BCUT2D eigenvalue weighted by atomic mass is 16.6. The molecule has 0 radical (unpaired) electrons. The first-order chi connectivity index (χ1) is 10.6. The summed E-state index contributed by atoms with van der Waals surface area (Å²) in [5, 5.41) is 2.34. The molecule has 0 amide bonds. The molecule has 2 aromatic carbocycles. The van der Waals surface area contributed by atoms with E-state index in [-0.39, 0.29) is 11.9 Å². The van der Waals surface area contributed by atoms with Crippen molar-refractivity contribution in [1.29, 1.82) is 0 Å². The molecule has 0 aliphatic carbocycles. The zero-order chi connectivity index (χ0) is 15.9. The molecule has 0 heterocycles. The summed E-state index contributed by atoms with van der Waals surface area (Å²) in [6, 6.07) is 12.4. The van der Waals surface area contributed by atoms with E-state index in [9.17, 15) is 4.79 Å². The first kappa shape index (κ1) is 16.5. The van der Waals surface area contributed by atoms with Gasteiger partial charge in [-0.15, -0.1) is 0 Å². The lowest BCUT2D eigenvalue weighted by Crippen LogP contribution is -2.16. The summed E-state index contributed by atoms with van der Waals surface area (Å²) in [4.78, 5) is 12.1. The second kappa shape index (κ2) is 7.95. The molecule has 0 aliphatic heterocycles. The Kier molecular flexibility index (Phi) is 5.96. The Hall–Kier alpha value is -1.87. The van der Waals surface area contributed by atoms with Crippen molar-refractivity contribution in [3.8, 4) is 0 Å². The zero-order valence-electron chi connectivity index (χ0n) is 13.6. The summed E-state index contributed by atoms with van der Waals surface area (Å²) in [6.07, 6.45) is 0.973. The number of carbonyl (C=O) groups excluding carboxylic acids is 1. The molecule has 2 rings (SSSR count). The molecule has 0 bridgehead atoms. The van der Waals surface area contributed by atoms with Crippen molar-refractivity contribution in [2.75, 3.05) is 19.8 Å². The fourth-order valence-electron chi connectivity index (χ4n) is 2.36. The molecule has 0 spiro atoms. The first-order valence-electron chi connectivity index (χ1n) is 7.86. The number of benzene rings is 2. The number of hydrogen-bond donors (Lipinski definition) is 0. The lowest BCUT2D eigenvalue weighted by Gasteiger charge is -2.13. The van der Waals surface area contributed by atoms with E-state index in [4.69, 9.17) is 9.47 Å². The maximum atomic E-state index is 12.1. The van der Waals surface area contributed by atoms with Crippen LogP contribution in [0.1, 0.15) is 37.3 Å². The van der Waals surface area contributed by atoms with Gasteiger partial charge in [-0.3, -0.25) is 4.79 Å². The van der Waals surface area contributed by atoms with Gasteiger partial charge in [0.1, 0.15) is 6.61 Å². The number of rotatable bonds is 7. The van der Waals surface area contributed by atoms with Crippen LogP contribution in [0.15, 0.2) is 36.4 Å². The van der Waals surface area contributed by atoms with E-state index in [0.29, 0.717) is 19.8 Å². The molecule has 3 nitrogen and oxygen atoms in total. The Labute approximate surface area is 132 Å². The minimum Gasteiger partial charge on any atom is -0.463 e. The van der Waals surface area contributed by atoms with E-state index in [2.05, 4.69) is 44.2 Å². The third-order valence-corrected chi connectivity index (χ3v) is 3.69. The number of hydrogen-bond acceptors (Lipinski definition) is 3. The van der Waals surface area contributed by atoms with Gasteiger partial charge in [0.05, 0.1) is 12.5 Å². The van der Waals surface area contributed by atoms with E-state index < -0.39 is 0 Å². The van der Waals surface area contributed by atoms with E-state index in [0.717, 1.165) is 17.4 Å². The molecule has 22 heavy (non-hydrogen) atoms. The standard InChI is InChI=1S/C19H24O3/c1-4-9-21-10-11-22-19(20)15(3)16-7-8-17-12-14(2)5-6-18(17)13-16/h5-8,12-13,15H,4,9-11H2,1-3H3. The van der Waals surface area contributed by atoms with Gasteiger partial charge in [0.15, 0.2) is 0 Å². The van der Waals surface area contributed by atoms with Gasteiger partial charge in [-0.25, -0.2) is 0 Å². The minimum atomic E-state index is -0.267. The van der Waals surface area contributed by atoms with E-state index in [1.165, 1.54) is 10.9 Å². The van der Waals surface area contributed by atoms with Gasteiger partial charge in [0, 0.05) is 6.61 Å². The third-order valence-electron chi connectivity index (χ3n) is 3.69. The summed E-state index contributed by atoms with van der Waals surface area (Å²) in [7, 11) is 0. The molecule has 0 aliphatic rings. The number of ether oxygens (including phenoxy) is 2. The lowest BCUT2D eigenvalue weighted by atomic mass is 9.97. The second-order valence-corrected chi connectivity index (χ2v) is 5.61. The maximum absolute atomic E-state index is 12.1. The van der Waals surface area contributed by atoms with Crippen LogP contribution >= 0.6 is 0 Å². The van der Waals surface area contributed by atoms with Crippen molar-refractivity contribution in [3.05, 3.63) is 47.5 Å². The molecule has 0 saturated heterocycles. The first-order valence-corrected chi connectivity index (χ1v) is 7.86. The predicted molar refractivity (Wildman–Crippen MR) is 89.2 cm³/mol. The second-order valence-electron chi connectivity index (χ2n) is 5.61. The number of esters is 1. The van der Waals surface area contributed by atoms with E-state index in [1.807, 2.05) is 13.0 Å². The Morgan fingerprint density at radius 1 is 1.05 bits per heavy atom. The molecule has 0 saturated carbocycles. The summed E-state index contributed by atoms with van der Waals surface area (Å²) < 4.78 is 10.6. The maximum Gasteiger partial charge on any atom is 0.313 e. The number of fused-ring (bicyclic) bond motifs is 1. The lowest BCUT2D eigenvalue weighted by molar-refractivity contribution is -0.146. The van der Waals surface area contributed by atoms with Crippen LogP contribution in [0.4, 0.5) is 0 Å². The molecule has 1 atom stereocenters. The molecule has 1 unspecified atom stereocenters. The van der Waals surface area contributed by atoms with Crippen molar-refractivity contribution >= 4 is 16.7 Å². The highest BCUT2D eigenvalue weighted by Crippen LogP contribution is 2.23. The molecule has 3 heteroatoms. The Morgan fingerprint density at radius 2 is 1.77 bits per heavy atom. The normalized spacial score (nSPS) is 12.3. The van der Waals surface area contributed by atoms with Crippen LogP contribution in [-0.4, -0.2) is 25.8 Å². The van der Waals surface area contributed by atoms with Gasteiger partial charge in [-0.2, -0.15) is 0 Å². The highest BCUT2D eigenvalue weighted by molar-refractivity contribution is 5.86. The van der Waals surface area contributed by atoms with Crippen molar-refractivity contribution in [1.82, 2.24) is 0 Å². The van der Waals surface area contributed by atoms with Gasteiger partial charge in [-0.05, 0) is 36.6 Å². The topological polar surface area (TPSA) is 35.5 Å². The molecular weight excluding hydrogens is 276 g/mol. The van der Waals surface area contributed by atoms with E-state index in [1.54, 1.807) is 0 Å². The van der Waals surface area contributed by atoms with Crippen LogP contribution in [-0.2, 0) is 14.3 Å². The fourth-order valence-corrected chi connectivity index (χ4v) is 2.36. The van der Waals surface area contributed by atoms with Crippen molar-refractivity contribution in [2.24, 2.45) is 0 Å². The van der Waals surface area contributed by atoms with Crippen LogP contribution in [0.3, 0.4) is 0 Å². The molecule has 118 valence electrons. The third kappa shape index (κ3) is 4.31. The smallest absolute Gasteiger partial charge is 0.313 e. The van der Waals surface area contributed by atoms with E-state index >= 15 is 0 Å². The Balaban J connectivity index is 1.98. The van der Waals surface area contributed by atoms with Gasteiger partial charge in [0.2, 0.25) is 0 Å². The summed E-state index contributed by atoms with van der Waals surface area (Å²) >= 11 is 0. The minimum absolute atomic E-state index is 0.202. The van der Waals surface area contributed by atoms with Gasteiger partial charge >= 0.3 is 5.97 Å². The zero-order valence-corrected chi connectivity index (χ0v) is 13.6. The highest BCUT2D eigenvalue weighted by Gasteiger charge is 2.17. The SMILES string of the molecule is CCCOCCOC(=O)C(C)c1ccc2cc(C)ccc2c1. The van der Waals surface area contributed by atoms with Crippen molar-refractivity contribution < 1.29 is 14.3 Å². The quantitative estimate of drug-likeness (QED) is 0.567. The van der Waals surface area contributed by atoms with Crippen LogP contribution < -0.4 is 0 Å². The van der Waals surface area contributed by atoms with Crippen molar-refractivity contribution in [3.63, 3.8) is 0 Å². The molecule has 2 aromatic rings. The fraction of sp³-hybridized carbons (Fsp3) is 0.421. The van der Waals surface area contributed by atoms with Crippen LogP contribution in [0, 0.1) is 6.92 Å². The van der Waals surface area contributed by atoms with Crippen LogP contribution in [0.5, 0.6) is 0 Å². The molecular formula is C19H24O3. The largest absolute Gasteiger partial charge is 0.463 e. The van der Waals surface area contributed by atoms with Gasteiger partial charge in [-0.1, -0.05) is 48.9 Å². The molecule has 0 N–H and O–H groups in total. The van der Waals surface area contributed by atoms with Gasteiger partial charge < -0.3 is 9.47 Å². The average molecular weight is 300 g/mol. The summed E-state index contributed by atoms with van der Waals surface area (Å²) in [6.45, 7) is 7.49. The summed E-state index contributed by atoms with van der Waals surface area (Å²) in [5.41, 5.74) is 2.22. The summed E-state index contributed by atoms with van der Waals surface area (Å²) in [5.74, 6) is -0.469. The number of aryl methyl sites for hydroxylation is 1. The Morgan fingerprint density at radius 3 is 2.55 bits per heavy atom. The molecule has 0 aromatic heterocycles. The monoisotopic (exact) mass is 300 g/mol. The van der Waals surface area contributed by atoms with Crippen LogP contribution in [0.25, 0.3) is 10.8 Å². The van der Waals surface area contributed by atoms with Gasteiger partial charge in [0.25, 0.3) is 0 Å². The average Bonchev–Trinajstić information content (AvgIpc) is 2.53. The van der Waals surface area contributed by atoms with Crippen LogP contribution in [0.2, 0.25) is 0 Å². The van der Waals surface area contributed by atoms with Crippen molar-refractivity contribution in [2.45, 2.75) is 33.1 Å². The number of carbonyl (C=O) groups is 1. The predicted octanol–water partition coefficient (Wildman–Crippen LogP) is 4.22.